The fourth-order valence-corrected chi connectivity index (χ4v) is 3.37. The molecule has 136 valence electrons. The molecule has 0 atom stereocenters. The molecule has 0 aliphatic carbocycles. The molecule has 9 heteroatoms. The topological polar surface area (TPSA) is 86.5 Å². The van der Waals surface area contributed by atoms with Crippen LogP contribution in [0.1, 0.15) is 5.56 Å². The molecule has 2 heterocycles. The number of amides is 1. The van der Waals surface area contributed by atoms with Crippen LogP contribution in [0.3, 0.4) is 0 Å². The first-order valence-electron chi connectivity index (χ1n) is 7.67. The number of aromatic nitrogens is 2. The predicted molar refractivity (Wildman–Crippen MR) is 99.7 cm³/mol. The van der Waals surface area contributed by atoms with Crippen molar-refractivity contribution in [1.82, 2.24) is 15.5 Å². The average molecular weight is 391 g/mol. The summed E-state index contributed by atoms with van der Waals surface area (Å²) in [5, 5.41) is 13.1. The summed E-state index contributed by atoms with van der Waals surface area (Å²) in [6.45, 7) is 0.393. The number of nitrogens with zero attached hydrogens (tertiary/aromatic N) is 2. The molecule has 0 spiro atoms. The smallest absolute Gasteiger partial charge is 0.277 e. The molecule has 0 bridgehead atoms. The Morgan fingerprint density at radius 2 is 2.08 bits per heavy atom. The van der Waals surface area contributed by atoms with Gasteiger partial charge in [0.25, 0.3) is 11.1 Å². The summed E-state index contributed by atoms with van der Waals surface area (Å²) in [7, 11) is 3.16. The third-order valence-corrected chi connectivity index (χ3v) is 5.08. The zero-order valence-corrected chi connectivity index (χ0v) is 15.9. The molecule has 26 heavy (non-hydrogen) atoms. The van der Waals surface area contributed by atoms with Crippen LogP contribution in [0.2, 0.25) is 0 Å². The number of benzene rings is 1. The number of hydrogen-bond acceptors (Lipinski definition) is 8. The maximum atomic E-state index is 12.0. The minimum atomic E-state index is -0.124. The molecule has 0 fully saturated rings. The van der Waals surface area contributed by atoms with Crippen molar-refractivity contribution in [2.24, 2.45) is 0 Å². The van der Waals surface area contributed by atoms with Crippen molar-refractivity contribution in [1.29, 1.82) is 0 Å². The van der Waals surface area contributed by atoms with Gasteiger partial charge in [-0.3, -0.25) is 4.79 Å². The summed E-state index contributed by atoms with van der Waals surface area (Å²) in [5.41, 5.74) is 0.916. The Hall–Kier alpha value is -2.52. The zero-order chi connectivity index (χ0) is 18.4. The van der Waals surface area contributed by atoms with E-state index in [4.69, 9.17) is 13.9 Å². The van der Waals surface area contributed by atoms with Gasteiger partial charge in [-0.1, -0.05) is 23.9 Å². The maximum absolute atomic E-state index is 12.0. The van der Waals surface area contributed by atoms with E-state index in [2.05, 4.69) is 15.5 Å². The van der Waals surface area contributed by atoms with Crippen molar-refractivity contribution >= 4 is 29.0 Å². The van der Waals surface area contributed by atoms with E-state index in [0.717, 1.165) is 10.4 Å². The number of nitrogens with one attached hydrogen (secondary N) is 1. The summed E-state index contributed by atoms with van der Waals surface area (Å²) >= 11 is 2.72. The SMILES string of the molecule is COc1ccc(CNC(=O)CSc2nnc(-c3cccs3)o2)cc1OC. The van der Waals surface area contributed by atoms with Crippen molar-refractivity contribution in [2.45, 2.75) is 11.8 Å². The number of thioether (sulfide) groups is 1. The van der Waals surface area contributed by atoms with E-state index in [-0.39, 0.29) is 11.7 Å². The Morgan fingerprint density at radius 3 is 2.81 bits per heavy atom. The van der Waals surface area contributed by atoms with Crippen LogP contribution in [0.4, 0.5) is 0 Å². The van der Waals surface area contributed by atoms with E-state index in [1.165, 1.54) is 23.1 Å². The molecule has 0 saturated carbocycles. The lowest BCUT2D eigenvalue weighted by Crippen LogP contribution is -2.24. The first-order chi connectivity index (χ1) is 12.7. The molecule has 1 aromatic carbocycles. The minimum absolute atomic E-state index is 0.124. The summed E-state index contributed by atoms with van der Waals surface area (Å²) in [6.07, 6.45) is 0. The standard InChI is InChI=1S/C17H17N3O4S2/c1-22-12-6-5-11(8-13(12)23-2)9-18-15(21)10-26-17-20-19-16(24-17)14-4-3-7-25-14/h3-8H,9-10H2,1-2H3,(H,18,21). The number of hydrogen-bond donors (Lipinski definition) is 1. The highest BCUT2D eigenvalue weighted by Crippen LogP contribution is 2.28. The summed E-state index contributed by atoms with van der Waals surface area (Å²) < 4.78 is 16.0. The second kappa shape index (κ2) is 8.72. The summed E-state index contributed by atoms with van der Waals surface area (Å²) in [4.78, 5) is 12.9. The van der Waals surface area contributed by atoms with Crippen LogP contribution in [0.25, 0.3) is 10.8 Å². The highest BCUT2D eigenvalue weighted by molar-refractivity contribution is 7.99. The van der Waals surface area contributed by atoms with Gasteiger partial charge in [-0.25, -0.2) is 0 Å². The molecule has 1 amide bonds. The van der Waals surface area contributed by atoms with Crippen LogP contribution in [0, 0.1) is 0 Å². The monoisotopic (exact) mass is 391 g/mol. The third kappa shape index (κ3) is 4.55. The molecule has 0 saturated heterocycles. The molecule has 0 aliphatic heterocycles. The van der Waals surface area contributed by atoms with E-state index in [1.807, 2.05) is 29.6 Å². The van der Waals surface area contributed by atoms with Crippen LogP contribution in [0.15, 0.2) is 45.4 Å². The number of carbonyl (C=O) groups excluding carboxylic acids is 1. The summed E-state index contributed by atoms with van der Waals surface area (Å²) in [5.74, 6) is 1.81. The number of carbonyl (C=O) groups is 1. The lowest BCUT2D eigenvalue weighted by molar-refractivity contribution is -0.118. The fourth-order valence-electron chi connectivity index (χ4n) is 2.14. The van der Waals surface area contributed by atoms with Gasteiger partial charge in [0.05, 0.1) is 24.8 Å². The van der Waals surface area contributed by atoms with E-state index in [9.17, 15) is 4.79 Å². The van der Waals surface area contributed by atoms with Gasteiger partial charge in [-0.15, -0.1) is 21.5 Å². The molecule has 0 radical (unpaired) electrons. The van der Waals surface area contributed by atoms with Crippen LogP contribution in [-0.4, -0.2) is 36.1 Å². The molecule has 3 rings (SSSR count). The highest BCUT2D eigenvalue weighted by Gasteiger charge is 2.12. The molecule has 3 aromatic rings. The van der Waals surface area contributed by atoms with E-state index >= 15 is 0 Å². The lowest BCUT2D eigenvalue weighted by Gasteiger charge is -2.10. The van der Waals surface area contributed by atoms with Gasteiger partial charge in [0.1, 0.15) is 0 Å². The third-order valence-electron chi connectivity index (χ3n) is 3.40. The van der Waals surface area contributed by atoms with Gasteiger partial charge < -0.3 is 19.2 Å². The van der Waals surface area contributed by atoms with Crippen LogP contribution < -0.4 is 14.8 Å². The van der Waals surface area contributed by atoms with Gasteiger partial charge in [0.15, 0.2) is 11.5 Å². The molecule has 1 N–H and O–H groups in total. The number of ether oxygens (including phenoxy) is 2. The van der Waals surface area contributed by atoms with Gasteiger partial charge in [-0.05, 0) is 29.1 Å². The Morgan fingerprint density at radius 1 is 1.23 bits per heavy atom. The number of rotatable bonds is 8. The Bertz CT molecular complexity index is 865. The van der Waals surface area contributed by atoms with Crippen LogP contribution in [-0.2, 0) is 11.3 Å². The van der Waals surface area contributed by atoms with Crippen molar-refractivity contribution in [3.05, 3.63) is 41.3 Å². The molecule has 0 aliphatic rings. The van der Waals surface area contributed by atoms with Crippen molar-refractivity contribution in [2.75, 3.05) is 20.0 Å². The highest BCUT2D eigenvalue weighted by atomic mass is 32.2. The normalized spacial score (nSPS) is 10.5. The average Bonchev–Trinajstić information content (AvgIpc) is 3.35. The molecule has 7 nitrogen and oxygen atoms in total. The second-order valence-electron chi connectivity index (χ2n) is 5.11. The van der Waals surface area contributed by atoms with E-state index in [1.54, 1.807) is 20.3 Å². The van der Waals surface area contributed by atoms with Crippen molar-refractivity contribution < 1.29 is 18.7 Å². The minimum Gasteiger partial charge on any atom is -0.493 e. The molecular weight excluding hydrogens is 374 g/mol. The summed E-state index contributed by atoms with van der Waals surface area (Å²) in [6, 6.07) is 9.33. The first kappa shape index (κ1) is 18.3. The Labute approximate surface area is 158 Å². The Kier molecular flexibility index (Phi) is 6.13. The first-order valence-corrected chi connectivity index (χ1v) is 9.54. The zero-order valence-electron chi connectivity index (χ0n) is 14.2. The van der Waals surface area contributed by atoms with E-state index in [0.29, 0.717) is 29.2 Å². The van der Waals surface area contributed by atoms with Crippen molar-refractivity contribution in [3.8, 4) is 22.3 Å². The second-order valence-corrected chi connectivity index (χ2v) is 6.98. The largest absolute Gasteiger partial charge is 0.493 e. The maximum Gasteiger partial charge on any atom is 0.277 e. The van der Waals surface area contributed by atoms with Crippen LogP contribution in [0.5, 0.6) is 11.5 Å². The number of thiophene rings is 1. The number of methoxy groups -OCH3 is 2. The van der Waals surface area contributed by atoms with Gasteiger partial charge in [-0.2, -0.15) is 0 Å². The quantitative estimate of drug-likeness (QED) is 0.590. The van der Waals surface area contributed by atoms with Gasteiger partial charge in [0.2, 0.25) is 5.91 Å². The predicted octanol–water partition coefficient (Wildman–Crippen LogP) is 3.22. The van der Waals surface area contributed by atoms with Crippen LogP contribution >= 0.6 is 23.1 Å². The fraction of sp³-hybridized carbons (Fsp3) is 0.235. The lowest BCUT2D eigenvalue weighted by atomic mass is 10.2. The van der Waals surface area contributed by atoms with Gasteiger partial charge in [0, 0.05) is 6.54 Å². The molecular formula is C17H17N3O4S2. The van der Waals surface area contributed by atoms with Crippen molar-refractivity contribution in [3.63, 3.8) is 0 Å². The van der Waals surface area contributed by atoms with Gasteiger partial charge >= 0.3 is 0 Å². The molecule has 2 aromatic heterocycles. The Balaban J connectivity index is 1.49. The molecule has 0 unspecified atom stereocenters. The van der Waals surface area contributed by atoms with E-state index < -0.39 is 0 Å².